The van der Waals surface area contributed by atoms with Crippen molar-refractivity contribution in [3.8, 4) is 0 Å². The number of hydrogen-bond donors (Lipinski definition) is 0. The maximum atomic E-state index is 13.5. The number of carbonyl (C=O) groups is 5. The number of amides is 1. The average molecular weight is 959 g/mol. The Morgan fingerprint density at radius 3 is 1.62 bits per heavy atom. The highest BCUT2D eigenvalue weighted by Gasteiger charge is 2.57. The first kappa shape index (κ1) is 59.6. The van der Waals surface area contributed by atoms with Gasteiger partial charge in [0.1, 0.15) is 13.2 Å². The predicted octanol–water partition coefficient (Wildman–Crippen LogP) is 13.1. The van der Waals surface area contributed by atoms with Crippen LogP contribution in [0, 0.1) is 28.1 Å². The third-order valence-electron chi connectivity index (χ3n) is 16.1. The van der Waals surface area contributed by atoms with E-state index >= 15 is 0 Å². The quantitative estimate of drug-likeness (QED) is 0.0623. The molecule has 2 heterocycles. The van der Waals surface area contributed by atoms with Crippen molar-refractivity contribution >= 4 is 29.8 Å². The van der Waals surface area contributed by atoms with E-state index in [9.17, 15) is 24.0 Å². The molecule has 0 bridgehead atoms. The Morgan fingerprint density at radius 1 is 0.588 bits per heavy atom. The molecular formula is C57H102N2O9. The van der Waals surface area contributed by atoms with Gasteiger partial charge in [-0.25, -0.2) is 0 Å². The summed E-state index contributed by atoms with van der Waals surface area (Å²) >= 11 is 0. The van der Waals surface area contributed by atoms with Gasteiger partial charge in [0.25, 0.3) is 0 Å². The molecule has 1 aliphatic carbocycles. The molecule has 0 aromatic carbocycles. The van der Waals surface area contributed by atoms with E-state index < -0.39 is 5.41 Å². The third kappa shape index (κ3) is 23.0. The van der Waals surface area contributed by atoms with E-state index in [-0.39, 0.29) is 73.1 Å². The highest BCUT2D eigenvalue weighted by molar-refractivity contribution is 5.76. The molecule has 2 unspecified atom stereocenters. The molecule has 2 atom stereocenters. The van der Waals surface area contributed by atoms with Crippen molar-refractivity contribution in [3.63, 3.8) is 0 Å². The predicted molar refractivity (Wildman–Crippen MR) is 273 cm³/mol. The largest absolute Gasteiger partial charge is 0.465 e. The minimum Gasteiger partial charge on any atom is -0.465 e. The fourth-order valence-electron chi connectivity index (χ4n) is 11.7. The minimum absolute atomic E-state index is 0.0471. The number of unbranched alkanes of at least 4 members (excludes halogenated alkanes) is 10. The maximum absolute atomic E-state index is 13.5. The van der Waals surface area contributed by atoms with Crippen LogP contribution in [0.1, 0.15) is 246 Å². The molecule has 68 heavy (non-hydrogen) atoms. The molecule has 394 valence electrons. The Bertz CT molecular complexity index is 1420. The molecule has 1 amide bonds. The van der Waals surface area contributed by atoms with E-state index in [1.165, 1.54) is 83.5 Å². The molecule has 0 aromatic heterocycles. The van der Waals surface area contributed by atoms with Crippen LogP contribution < -0.4 is 0 Å². The molecule has 0 radical (unpaired) electrons. The van der Waals surface area contributed by atoms with Gasteiger partial charge in [-0.3, -0.25) is 24.0 Å². The Morgan fingerprint density at radius 2 is 1.07 bits per heavy atom. The molecule has 11 nitrogen and oxygen atoms in total. The first-order valence-electron chi connectivity index (χ1n) is 28.4. The minimum atomic E-state index is -0.561. The first-order valence-corrected chi connectivity index (χ1v) is 28.4. The van der Waals surface area contributed by atoms with Gasteiger partial charge in [0.05, 0.1) is 13.2 Å². The monoisotopic (exact) mass is 959 g/mol. The number of carbonyl (C=O) groups excluding carboxylic acids is 5. The Labute approximate surface area is 415 Å². The summed E-state index contributed by atoms with van der Waals surface area (Å²) in [6.07, 6.45) is 31.2. The van der Waals surface area contributed by atoms with Crippen molar-refractivity contribution in [2.24, 2.45) is 28.1 Å². The Hall–Kier alpha value is -2.69. The lowest BCUT2D eigenvalue weighted by Crippen LogP contribution is -2.53. The molecule has 3 aliphatic rings. The number of cyclic esters (lactones) is 4. The number of likely N-dealkylation sites (tertiary alicyclic amines) is 1. The summed E-state index contributed by atoms with van der Waals surface area (Å²) in [5.41, 5.74) is -0.195. The number of hydrogen-bond acceptors (Lipinski definition) is 10. The average Bonchev–Trinajstić information content (AvgIpc) is 3.31. The summed E-state index contributed by atoms with van der Waals surface area (Å²) < 4.78 is 24.2. The SMILES string of the molecule is CCCCCCCCC1COC(=O)CCCCCC(=O)OCC2(CCN(C(=O)CCCN(C)C)CC2)COC(=O)CCCCCC(=O)OCC(CCCCCC)C2(C1)CC(CC)(CCCCC)C2. The van der Waals surface area contributed by atoms with Gasteiger partial charge in [-0.2, -0.15) is 0 Å². The zero-order chi connectivity index (χ0) is 49.5. The van der Waals surface area contributed by atoms with Crippen LogP contribution in [0.4, 0.5) is 0 Å². The van der Waals surface area contributed by atoms with E-state index in [0.29, 0.717) is 89.5 Å². The molecule has 3 fully saturated rings. The number of nitrogens with zero attached hydrogens (tertiary/aromatic N) is 2. The fourth-order valence-corrected chi connectivity index (χ4v) is 11.7. The van der Waals surface area contributed by atoms with Gasteiger partial charge in [-0.15, -0.1) is 0 Å². The summed E-state index contributed by atoms with van der Waals surface area (Å²) in [7, 11) is 4.00. The van der Waals surface area contributed by atoms with Crippen LogP contribution in [-0.2, 0) is 42.9 Å². The summed E-state index contributed by atoms with van der Waals surface area (Å²) in [6, 6.07) is 0. The van der Waals surface area contributed by atoms with Crippen molar-refractivity contribution in [1.29, 1.82) is 0 Å². The Kier molecular flexibility index (Phi) is 29.6. The standard InChI is InChI=1S/C57H102N2O9/c1-7-11-14-16-17-20-28-48-41-57(44-55(10-4,45-57)35-26-13-9-3)49(29-21-15-12-8-2)43-66-52(62)32-23-19-25-34-54(64)68-47-56(36-39-59(40-37-56)50(60)30-27-38-58(5)6)46-67-53(63)33-24-18-22-31-51(61)65-42-48/h48-49H,7-47H2,1-6H3. The normalized spacial score (nSPS) is 25.8. The van der Waals surface area contributed by atoms with E-state index in [4.69, 9.17) is 18.9 Å². The second-order valence-electron chi connectivity index (χ2n) is 22.3. The van der Waals surface area contributed by atoms with Crippen LogP contribution in [0.25, 0.3) is 0 Å². The molecule has 2 saturated heterocycles. The number of ether oxygens (including phenoxy) is 4. The van der Waals surface area contributed by atoms with Crippen LogP contribution in [-0.4, -0.2) is 99.7 Å². The van der Waals surface area contributed by atoms with Gasteiger partial charge in [-0.1, -0.05) is 130 Å². The number of rotatable bonds is 21. The lowest BCUT2D eigenvalue weighted by atomic mass is 9.44. The maximum Gasteiger partial charge on any atom is 0.305 e. The number of esters is 4. The molecule has 0 aromatic rings. The molecule has 11 heteroatoms. The van der Waals surface area contributed by atoms with Crippen molar-refractivity contribution in [2.75, 3.05) is 60.2 Å². The first-order chi connectivity index (χ1) is 32.8. The van der Waals surface area contributed by atoms with Gasteiger partial charge in [0, 0.05) is 50.6 Å². The van der Waals surface area contributed by atoms with Gasteiger partial charge in [-0.05, 0) is 127 Å². The smallest absolute Gasteiger partial charge is 0.305 e. The van der Waals surface area contributed by atoms with Crippen molar-refractivity contribution < 1.29 is 42.9 Å². The highest BCUT2D eigenvalue weighted by atomic mass is 16.6. The van der Waals surface area contributed by atoms with E-state index in [0.717, 1.165) is 70.8 Å². The van der Waals surface area contributed by atoms with Crippen LogP contribution in [0.3, 0.4) is 0 Å². The zero-order valence-corrected chi connectivity index (χ0v) is 44.7. The molecule has 2 aliphatic heterocycles. The second-order valence-corrected chi connectivity index (χ2v) is 22.3. The molecule has 2 spiro atoms. The van der Waals surface area contributed by atoms with Gasteiger partial charge in [0.15, 0.2) is 0 Å². The zero-order valence-electron chi connectivity index (χ0n) is 44.7. The summed E-state index contributed by atoms with van der Waals surface area (Å²) in [4.78, 5) is 70.0. The van der Waals surface area contributed by atoms with Gasteiger partial charge in [0.2, 0.25) is 5.91 Å². The Balaban J connectivity index is 1.77. The van der Waals surface area contributed by atoms with Gasteiger partial charge >= 0.3 is 23.9 Å². The van der Waals surface area contributed by atoms with Crippen LogP contribution >= 0.6 is 0 Å². The topological polar surface area (TPSA) is 129 Å². The molecular weight excluding hydrogens is 857 g/mol. The van der Waals surface area contributed by atoms with E-state index in [2.05, 4.69) is 32.6 Å². The third-order valence-corrected chi connectivity index (χ3v) is 16.1. The summed E-state index contributed by atoms with van der Waals surface area (Å²) in [5.74, 6) is -0.238. The fraction of sp³-hybridized carbons (Fsp3) is 0.912. The lowest BCUT2D eigenvalue weighted by molar-refractivity contribution is -0.160. The molecule has 1 saturated carbocycles. The van der Waals surface area contributed by atoms with E-state index in [1.54, 1.807) is 0 Å². The van der Waals surface area contributed by atoms with Crippen LogP contribution in [0.2, 0.25) is 0 Å². The van der Waals surface area contributed by atoms with Crippen LogP contribution in [0.5, 0.6) is 0 Å². The lowest BCUT2D eigenvalue weighted by Gasteiger charge is -2.61. The van der Waals surface area contributed by atoms with Crippen LogP contribution in [0.15, 0.2) is 0 Å². The summed E-state index contributed by atoms with van der Waals surface area (Å²) in [5, 5.41) is 0. The van der Waals surface area contributed by atoms with Crippen molar-refractivity contribution in [3.05, 3.63) is 0 Å². The van der Waals surface area contributed by atoms with Gasteiger partial charge < -0.3 is 28.7 Å². The summed E-state index contributed by atoms with van der Waals surface area (Å²) in [6.45, 7) is 12.2. The van der Waals surface area contributed by atoms with Crippen molar-refractivity contribution in [2.45, 2.75) is 246 Å². The van der Waals surface area contributed by atoms with E-state index in [1.807, 2.05) is 19.0 Å². The highest BCUT2D eigenvalue weighted by Crippen LogP contribution is 2.65. The van der Waals surface area contributed by atoms with Crippen molar-refractivity contribution in [1.82, 2.24) is 9.80 Å². The molecule has 3 rings (SSSR count). The molecule has 0 N–H and O–H groups in total. The second kappa shape index (κ2) is 33.8. The number of piperidine rings is 1.